The van der Waals surface area contributed by atoms with Gasteiger partial charge in [0.2, 0.25) is 0 Å². The van der Waals surface area contributed by atoms with Crippen molar-refractivity contribution >= 4 is 28.9 Å². The van der Waals surface area contributed by atoms with Crippen molar-refractivity contribution in [3.8, 4) is 0 Å². The summed E-state index contributed by atoms with van der Waals surface area (Å²) >= 11 is 0. The molecule has 0 bridgehead atoms. The van der Waals surface area contributed by atoms with Gasteiger partial charge >= 0.3 is 0 Å². The molecule has 2 amide bonds. The van der Waals surface area contributed by atoms with E-state index in [0.717, 1.165) is 0 Å². The Morgan fingerprint density at radius 2 is 1.36 bits per heavy atom. The SMILES string of the molecule is O=C(Nc1cccc(C(=O)Nc2cccc(F)c2)c1)c1ccc([N+](=O)[O-])cc1. The highest BCUT2D eigenvalue weighted by Crippen LogP contribution is 2.17. The lowest BCUT2D eigenvalue weighted by atomic mass is 10.1. The van der Waals surface area contributed by atoms with E-state index in [9.17, 15) is 24.1 Å². The minimum absolute atomic E-state index is 0.118. The van der Waals surface area contributed by atoms with Gasteiger partial charge in [-0.2, -0.15) is 0 Å². The van der Waals surface area contributed by atoms with Crippen molar-refractivity contribution in [2.24, 2.45) is 0 Å². The quantitative estimate of drug-likeness (QED) is 0.511. The molecule has 0 saturated carbocycles. The van der Waals surface area contributed by atoms with E-state index in [0.29, 0.717) is 11.4 Å². The van der Waals surface area contributed by atoms with Crippen LogP contribution in [-0.2, 0) is 0 Å². The normalized spacial score (nSPS) is 10.2. The van der Waals surface area contributed by atoms with Crippen molar-refractivity contribution < 1.29 is 18.9 Å². The first-order valence-corrected chi connectivity index (χ1v) is 8.15. The molecule has 0 saturated heterocycles. The number of hydrogen-bond acceptors (Lipinski definition) is 4. The van der Waals surface area contributed by atoms with Crippen LogP contribution in [0.2, 0.25) is 0 Å². The second-order valence-electron chi connectivity index (χ2n) is 5.80. The first-order chi connectivity index (χ1) is 13.4. The Labute approximate surface area is 159 Å². The summed E-state index contributed by atoms with van der Waals surface area (Å²) in [6.45, 7) is 0. The maximum absolute atomic E-state index is 13.2. The Morgan fingerprint density at radius 1 is 0.786 bits per heavy atom. The number of non-ortho nitro benzene ring substituents is 1. The zero-order chi connectivity index (χ0) is 20.1. The second kappa shape index (κ2) is 8.09. The lowest BCUT2D eigenvalue weighted by Crippen LogP contribution is -2.14. The highest BCUT2D eigenvalue weighted by atomic mass is 19.1. The van der Waals surface area contributed by atoms with E-state index < -0.39 is 22.6 Å². The van der Waals surface area contributed by atoms with Gasteiger partial charge in [-0.15, -0.1) is 0 Å². The zero-order valence-electron chi connectivity index (χ0n) is 14.4. The standard InChI is InChI=1S/C20H14FN3O4/c21-15-4-2-6-17(12-15)23-20(26)14-3-1-5-16(11-14)22-19(25)13-7-9-18(10-8-13)24(27)28/h1-12H,(H,22,25)(H,23,26). The number of halogens is 1. The Bertz CT molecular complexity index is 1050. The smallest absolute Gasteiger partial charge is 0.269 e. The van der Waals surface area contributed by atoms with Crippen LogP contribution in [0.25, 0.3) is 0 Å². The van der Waals surface area contributed by atoms with Crippen LogP contribution >= 0.6 is 0 Å². The third-order valence-electron chi connectivity index (χ3n) is 3.81. The van der Waals surface area contributed by atoms with Crippen molar-refractivity contribution in [3.63, 3.8) is 0 Å². The van der Waals surface area contributed by atoms with Gasteiger partial charge in [0, 0.05) is 34.6 Å². The van der Waals surface area contributed by atoms with E-state index >= 15 is 0 Å². The fraction of sp³-hybridized carbons (Fsp3) is 0. The van der Waals surface area contributed by atoms with Gasteiger partial charge in [-0.3, -0.25) is 19.7 Å². The summed E-state index contributed by atoms with van der Waals surface area (Å²) in [4.78, 5) is 34.7. The van der Waals surface area contributed by atoms with Crippen LogP contribution in [0.4, 0.5) is 21.5 Å². The van der Waals surface area contributed by atoms with Gasteiger partial charge < -0.3 is 10.6 Å². The Kier molecular flexibility index (Phi) is 5.40. The van der Waals surface area contributed by atoms with E-state index in [1.807, 2.05) is 0 Å². The highest BCUT2D eigenvalue weighted by molar-refractivity contribution is 6.07. The molecule has 0 atom stereocenters. The number of nitro groups is 1. The number of nitro benzene ring substituents is 1. The molecule has 0 aromatic heterocycles. The lowest BCUT2D eigenvalue weighted by Gasteiger charge is -2.09. The van der Waals surface area contributed by atoms with E-state index in [4.69, 9.17) is 0 Å². The minimum atomic E-state index is -0.553. The Balaban J connectivity index is 1.71. The fourth-order valence-electron chi connectivity index (χ4n) is 2.45. The molecule has 3 aromatic carbocycles. The van der Waals surface area contributed by atoms with Crippen molar-refractivity contribution in [3.05, 3.63) is 99.9 Å². The van der Waals surface area contributed by atoms with Gasteiger partial charge in [0.05, 0.1) is 4.92 Å². The average molecular weight is 379 g/mol. The number of carbonyl (C=O) groups is 2. The van der Waals surface area contributed by atoms with Crippen LogP contribution in [-0.4, -0.2) is 16.7 Å². The molecule has 2 N–H and O–H groups in total. The molecule has 0 spiro atoms. The summed E-state index contributed by atoms with van der Waals surface area (Å²) in [6, 6.07) is 16.9. The number of carbonyl (C=O) groups excluding carboxylic acids is 2. The van der Waals surface area contributed by atoms with Crippen LogP contribution in [0, 0.1) is 15.9 Å². The highest BCUT2D eigenvalue weighted by Gasteiger charge is 2.12. The molecule has 0 fully saturated rings. The molecule has 0 unspecified atom stereocenters. The van der Waals surface area contributed by atoms with Gasteiger partial charge in [-0.1, -0.05) is 12.1 Å². The summed E-state index contributed by atoms with van der Waals surface area (Å²) in [6.07, 6.45) is 0. The summed E-state index contributed by atoms with van der Waals surface area (Å²) in [5.74, 6) is -1.41. The van der Waals surface area contributed by atoms with Crippen LogP contribution in [0.5, 0.6) is 0 Å². The average Bonchev–Trinajstić information content (AvgIpc) is 2.68. The molecule has 0 aliphatic heterocycles. The second-order valence-corrected chi connectivity index (χ2v) is 5.80. The molecular formula is C20H14FN3O4. The van der Waals surface area contributed by atoms with Crippen LogP contribution in [0.1, 0.15) is 20.7 Å². The van der Waals surface area contributed by atoms with E-state index in [2.05, 4.69) is 10.6 Å². The number of anilines is 2. The molecule has 140 valence electrons. The third kappa shape index (κ3) is 4.55. The summed E-state index contributed by atoms with van der Waals surface area (Å²) in [5, 5.41) is 15.9. The maximum Gasteiger partial charge on any atom is 0.269 e. The lowest BCUT2D eigenvalue weighted by molar-refractivity contribution is -0.384. The summed E-state index contributed by atoms with van der Waals surface area (Å²) in [7, 11) is 0. The van der Waals surface area contributed by atoms with Crippen molar-refractivity contribution in [1.29, 1.82) is 0 Å². The maximum atomic E-state index is 13.2. The number of hydrogen-bond donors (Lipinski definition) is 2. The number of nitrogens with zero attached hydrogens (tertiary/aromatic N) is 1. The zero-order valence-corrected chi connectivity index (χ0v) is 14.4. The van der Waals surface area contributed by atoms with Crippen molar-refractivity contribution in [1.82, 2.24) is 0 Å². The predicted molar refractivity (Wildman–Crippen MR) is 102 cm³/mol. The van der Waals surface area contributed by atoms with Gasteiger partial charge in [0.25, 0.3) is 17.5 Å². The van der Waals surface area contributed by atoms with Crippen molar-refractivity contribution in [2.75, 3.05) is 10.6 Å². The fourth-order valence-corrected chi connectivity index (χ4v) is 2.45. The molecule has 7 nitrogen and oxygen atoms in total. The van der Waals surface area contributed by atoms with Gasteiger partial charge in [-0.05, 0) is 48.5 Å². The molecule has 0 heterocycles. The Hall–Kier alpha value is -4.07. The van der Waals surface area contributed by atoms with Gasteiger partial charge in [0.15, 0.2) is 0 Å². The topological polar surface area (TPSA) is 101 Å². The molecule has 28 heavy (non-hydrogen) atoms. The number of benzene rings is 3. The van der Waals surface area contributed by atoms with Crippen molar-refractivity contribution in [2.45, 2.75) is 0 Å². The number of rotatable bonds is 5. The summed E-state index contributed by atoms with van der Waals surface area (Å²) in [5.41, 5.74) is 1.07. The van der Waals surface area contributed by atoms with Crippen LogP contribution in [0.15, 0.2) is 72.8 Å². The molecule has 0 aliphatic rings. The molecular weight excluding hydrogens is 365 g/mol. The number of nitrogens with one attached hydrogen (secondary N) is 2. The molecule has 8 heteroatoms. The van der Waals surface area contributed by atoms with E-state index in [1.54, 1.807) is 24.3 Å². The van der Waals surface area contributed by atoms with Crippen LogP contribution in [0.3, 0.4) is 0 Å². The minimum Gasteiger partial charge on any atom is -0.322 e. The van der Waals surface area contributed by atoms with Gasteiger partial charge in [-0.25, -0.2) is 4.39 Å². The van der Waals surface area contributed by atoms with E-state index in [1.165, 1.54) is 48.5 Å². The monoisotopic (exact) mass is 379 g/mol. The predicted octanol–water partition coefficient (Wildman–Crippen LogP) is 4.24. The first-order valence-electron chi connectivity index (χ1n) is 8.15. The largest absolute Gasteiger partial charge is 0.322 e. The molecule has 3 rings (SSSR count). The Morgan fingerprint density at radius 3 is 1.96 bits per heavy atom. The van der Waals surface area contributed by atoms with Crippen LogP contribution < -0.4 is 10.6 Å². The van der Waals surface area contributed by atoms with Gasteiger partial charge in [0.1, 0.15) is 5.82 Å². The first kappa shape index (κ1) is 18.7. The summed E-state index contributed by atoms with van der Waals surface area (Å²) < 4.78 is 13.2. The molecule has 0 radical (unpaired) electrons. The molecule has 3 aromatic rings. The third-order valence-corrected chi connectivity index (χ3v) is 3.81. The number of amides is 2. The molecule has 0 aliphatic carbocycles. The van der Waals surface area contributed by atoms with E-state index in [-0.39, 0.29) is 16.8 Å².